The van der Waals surface area contributed by atoms with Crippen LogP contribution < -0.4 is 0 Å². The number of halogens is 1. The monoisotopic (exact) mass is 259 g/mol. The van der Waals surface area contributed by atoms with E-state index in [1.54, 1.807) is 0 Å². The lowest BCUT2D eigenvalue weighted by Gasteiger charge is -1.98. The summed E-state index contributed by atoms with van der Waals surface area (Å²) in [5.41, 5.74) is 1.43. The molecule has 0 unspecified atom stereocenters. The van der Waals surface area contributed by atoms with Crippen LogP contribution in [0.15, 0.2) is 24.3 Å². The van der Waals surface area contributed by atoms with E-state index in [0.717, 1.165) is 6.42 Å². The molecule has 0 aliphatic heterocycles. The molecule has 0 amide bonds. The Kier molecular flexibility index (Phi) is 3.91. The minimum Gasteiger partial charge on any atom is -0.0580 e. The van der Waals surface area contributed by atoms with Crippen molar-refractivity contribution in [3.05, 3.63) is 40.3 Å². The second-order valence-corrected chi connectivity index (χ2v) is 3.83. The molecule has 0 saturated carbocycles. The highest BCUT2D eigenvalue weighted by atomic mass is 127. The van der Waals surface area contributed by atoms with Crippen LogP contribution in [0.4, 0.5) is 0 Å². The Hall–Kier alpha value is -0.0500. The maximum Gasteiger partial charge on any atom is 0.0130 e. The molecule has 0 nitrogen and oxygen atoms in total. The van der Waals surface area contributed by atoms with E-state index >= 15 is 0 Å². The van der Waals surface area contributed by atoms with Crippen LogP contribution >= 0.6 is 22.6 Å². The molecule has 0 fully saturated rings. The summed E-state index contributed by atoms with van der Waals surface area (Å²) in [6, 6.07) is 8.69. The van der Waals surface area contributed by atoms with Gasteiger partial charge >= 0.3 is 0 Å². The fourth-order valence-corrected chi connectivity index (χ4v) is 1.34. The van der Waals surface area contributed by atoms with Gasteiger partial charge in [0.2, 0.25) is 0 Å². The number of rotatable bonds is 3. The van der Waals surface area contributed by atoms with E-state index in [9.17, 15) is 0 Å². The normalized spacial score (nSPS) is 10.0. The highest BCUT2D eigenvalue weighted by Crippen LogP contribution is 2.08. The first-order valence-electron chi connectivity index (χ1n) is 3.86. The van der Waals surface area contributed by atoms with Gasteiger partial charge < -0.3 is 0 Å². The molecular formula is C10H12I. The van der Waals surface area contributed by atoms with Crippen LogP contribution in [0.25, 0.3) is 0 Å². The van der Waals surface area contributed by atoms with Gasteiger partial charge in [0.1, 0.15) is 0 Å². The summed E-state index contributed by atoms with van der Waals surface area (Å²) in [6.07, 6.45) is 3.40. The molecule has 0 N–H and O–H groups in total. The van der Waals surface area contributed by atoms with E-state index in [2.05, 4.69) is 53.8 Å². The van der Waals surface area contributed by atoms with Crippen molar-refractivity contribution >= 4 is 22.6 Å². The summed E-state index contributed by atoms with van der Waals surface area (Å²) in [5.74, 6) is 0. The van der Waals surface area contributed by atoms with E-state index < -0.39 is 0 Å². The maximum atomic E-state index is 3.82. The highest BCUT2D eigenvalue weighted by molar-refractivity contribution is 14.1. The second kappa shape index (κ2) is 4.75. The van der Waals surface area contributed by atoms with Crippen molar-refractivity contribution in [3.8, 4) is 0 Å². The summed E-state index contributed by atoms with van der Waals surface area (Å²) in [7, 11) is 0. The van der Waals surface area contributed by atoms with Gasteiger partial charge in [-0.05, 0) is 53.1 Å². The lowest BCUT2D eigenvalue weighted by molar-refractivity contribution is 0.841. The molecule has 0 bridgehead atoms. The molecule has 1 radical (unpaired) electrons. The quantitative estimate of drug-likeness (QED) is 0.729. The number of aryl methyl sites for hydroxylation is 1. The fourth-order valence-electron chi connectivity index (χ4n) is 0.980. The predicted molar refractivity (Wildman–Crippen MR) is 57.5 cm³/mol. The summed E-state index contributed by atoms with van der Waals surface area (Å²) in [4.78, 5) is 0. The van der Waals surface area contributed by atoms with Crippen LogP contribution in [0, 0.1) is 10.5 Å². The van der Waals surface area contributed by atoms with Gasteiger partial charge in [-0.3, -0.25) is 0 Å². The first kappa shape index (κ1) is 9.04. The molecule has 0 aromatic heterocycles. The van der Waals surface area contributed by atoms with E-state index in [-0.39, 0.29) is 0 Å². The first-order valence-corrected chi connectivity index (χ1v) is 4.94. The Morgan fingerprint density at radius 3 is 2.36 bits per heavy atom. The summed E-state index contributed by atoms with van der Waals surface area (Å²) in [5, 5.41) is 0. The Morgan fingerprint density at radius 1 is 1.18 bits per heavy atom. The smallest absolute Gasteiger partial charge is 0.0130 e. The number of hydrogen-bond acceptors (Lipinski definition) is 0. The SMILES string of the molecule is [CH2]CCCc1ccc(I)cc1. The molecule has 11 heavy (non-hydrogen) atoms. The van der Waals surface area contributed by atoms with Gasteiger partial charge in [-0.1, -0.05) is 25.5 Å². The Balaban J connectivity index is 2.52. The summed E-state index contributed by atoms with van der Waals surface area (Å²) in [6.45, 7) is 3.82. The zero-order valence-electron chi connectivity index (χ0n) is 6.52. The lowest BCUT2D eigenvalue weighted by Crippen LogP contribution is -1.83. The molecule has 59 valence electrons. The Morgan fingerprint density at radius 2 is 1.82 bits per heavy atom. The summed E-state index contributed by atoms with van der Waals surface area (Å²) >= 11 is 2.32. The molecule has 1 heteroatoms. The van der Waals surface area contributed by atoms with E-state index in [4.69, 9.17) is 0 Å². The van der Waals surface area contributed by atoms with E-state index in [1.807, 2.05) is 0 Å². The van der Waals surface area contributed by atoms with Gasteiger partial charge in [0.15, 0.2) is 0 Å². The Bertz CT molecular complexity index is 201. The van der Waals surface area contributed by atoms with Crippen molar-refractivity contribution in [2.75, 3.05) is 0 Å². The number of unbranched alkanes of at least 4 members (excludes halogenated alkanes) is 1. The van der Waals surface area contributed by atoms with Gasteiger partial charge in [0.05, 0.1) is 0 Å². The molecule has 0 aliphatic carbocycles. The van der Waals surface area contributed by atoms with Crippen molar-refractivity contribution in [2.45, 2.75) is 19.3 Å². The molecule has 0 atom stereocenters. The van der Waals surface area contributed by atoms with Crippen LogP contribution in [-0.2, 0) is 6.42 Å². The second-order valence-electron chi connectivity index (χ2n) is 2.58. The third kappa shape index (κ3) is 3.23. The van der Waals surface area contributed by atoms with E-state index in [0.29, 0.717) is 0 Å². The first-order chi connectivity index (χ1) is 5.33. The van der Waals surface area contributed by atoms with Crippen LogP contribution in [0.1, 0.15) is 18.4 Å². The number of hydrogen-bond donors (Lipinski definition) is 0. The molecule has 0 aliphatic rings. The molecule has 1 aromatic carbocycles. The minimum atomic E-state index is 1.03. The molecule has 0 saturated heterocycles. The van der Waals surface area contributed by atoms with E-state index in [1.165, 1.54) is 22.0 Å². The predicted octanol–water partition coefficient (Wildman–Crippen LogP) is 3.45. The minimum absolute atomic E-state index is 1.03. The van der Waals surface area contributed by atoms with Gasteiger partial charge in [0.25, 0.3) is 0 Å². The highest BCUT2D eigenvalue weighted by Gasteiger charge is 1.90. The van der Waals surface area contributed by atoms with Crippen molar-refractivity contribution in [1.29, 1.82) is 0 Å². The molecule has 0 heterocycles. The summed E-state index contributed by atoms with van der Waals surface area (Å²) < 4.78 is 1.31. The third-order valence-electron chi connectivity index (χ3n) is 1.63. The molecule has 0 spiro atoms. The molecular weight excluding hydrogens is 247 g/mol. The van der Waals surface area contributed by atoms with Crippen molar-refractivity contribution in [1.82, 2.24) is 0 Å². The van der Waals surface area contributed by atoms with Crippen LogP contribution in [-0.4, -0.2) is 0 Å². The topological polar surface area (TPSA) is 0 Å². The van der Waals surface area contributed by atoms with Crippen molar-refractivity contribution in [2.24, 2.45) is 0 Å². The maximum absolute atomic E-state index is 3.82. The molecule has 1 rings (SSSR count). The average Bonchev–Trinajstić information content (AvgIpc) is 2.04. The van der Waals surface area contributed by atoms with Gasteiger partial charge in [-0.2, -0.15) is 0 Å². The van der Waals surface area contributed by atoms with Crippen molar-refractivity contribution < 1.29 is 0 Å². The van der Waals surface area contributed by atoms with Gasteiger partial charge in [0, 0.05) is 3.57 Å². The molecule has 1 aromatic rings. The third-order valence-corrected chi connectivity index (χ3v) is 2.35. The average molecular weight is 259 g/mol. The fraction of sp³-hybridized carbons (Fsp3) is 0.300. The largest absolute Gasteiger partial charge is 0.0580 e. The lowest BCUT2D eigenvalue weighted by atomic mass is 10.1. The van der Waals surface area contributed by atoms with Crippen LogP contribution in [0.3, 0.4) is 0 Å². The van der Waals surface area contributed by atoms with Crippen LogP contribution in [0.2, 0.25) is 0 Å². The Labute approximate surface area is 82.2 Å². The van der Waals surface area contributed by atoms with Gasteiger partial charge in [-0.15, -0.1) is 0 Å². The zero-order valence-corrected chi connectivity index (χ0v) is 8.67. The van der Waals surface area contributed by atoms with Gasteiger partial charge in [-0.25, -0.2) is 0 Å². The van der Waals surface area contributed by atoms with Crippen LogP contribution in [0.5, 0.6) is 0 Å². The zero-order chi connectivity index (χ0) is 8.10. The standard InChI is InChI=1S/C10H12I/c1-2-3-4-9-5-7-10(11)8-6-9/h5-8H,1-4H2. The van der Waals surface area contributed by atoms with Crippen molar-refractivity contribution in [3.63, 3.8) is 0 Å². The number of benzene rings is 1.